The van der Waals surface area contributed by atoms with Crippen LogP contribution < -0.4 is 5.32 Å². The predicted molar refractivity (Wildman–Crippen MR) is 97.8 cm³/mol. The van der Waals surface area contributed by atoms with Gasteiger partial charge in [-0.1, -0.05) is 17.3 Å². The fourth-order valence-electron chi connectivity index (χ4n) is 2.14. The molecular formula is C19H24FN3O5. The van der Waals surface area contributed by atoms with E-state index in [4.69, 9.17) is 14.0 Å². The van der Waals surface area contributed by atoms with Crippen molar-refractivity contribution in [2.45, 2.75) is 52.7 Å². The first kappa shape index (κ1) is 21.3. The normalized spacial score (nSPS) is 12.4. The van der Waals surface area contributed by atoms with Crippen molar-refractivity contribution in [2.75, 3.05) is 6.54 Å². The van der Waals surface area contributed by atoms with Crippen molar-refractivity contribution in [1.82, 2.24) is 15.5 Å². The number of aryl methyl sites for hydroxylation is 1. The van der Waals surface area contributed by atoms with Gasteiger partial charge in [0.1, 0.15) is 11.4 Å². The number of rotatable bonds is 6. The van der Waals surface area contributed by atoms with Crippen molar-refractivity contribution in [2.24, 2.45) is 0 Å². The maximum absolute atomic E-state index is 13.7. The van der Waals surface area contributed by atoms with Gasteiger partial charge in [-0.3, -0.25) is 4.79 Å². The molecule has 1 atom stereocenters. The summed E-state index contributed by atoms with van der Waals surface area (Å²) >= 11 is 0. The maximum Gasteiger partial charge on any atom is 0.407 e. The molecule has 1 aromatic heterocycles. The van der Waals surface area contributed by atoms with E-state index in [1.165, 1.54) is 6.07 Å². The zero-order chi connectivity index (χ0) is 20.9. The number of aromatic nitrogens is 2. The monoisotopic (exact) mass is 393 g/mol. The quantitative estimate of drug-likeness (QED) is 0.746. The van der Waals surface area contributed by atoms with Crippen LogP contribution in [0.15, 0.2) is 22.7 Å². The van der Waals surface area contributed by atoms with Crippen molar-refractivity contribution < 1.29 is 28.0 Å². The lowest BCUT2D eigenvalue weighted by atomic mass is 10.1. The molecule has 0 aliphatic carbocycles. The molecule has 0 spiro atoms. The molecule has 2 aromatic rings. The Balaban J connectivity index is 1.85. The van der Waals surface area contributed by atoms with E-state index in [0.717, 1.165) is 0 Å². The van der Waals surface area contributed by atoms with Crippen LogP contribution in [0.3, 0.4) is 0 Å². The zero-order valence-corrected chi connectivity index (χ0v) is 16.5. The van der Waals surface area contributed by atoms with Crippen LogP contribution in [0.1, 0.15) is 51.7 Å². The molecule has 8 nitrogen and oxygen atoms in total. The van der Waals surface area contributed by atoms with E-state index < -0.39 is 23.8 Å². The van der Waals surface area contributed by atoms with Gasteiger partial charge in [0.05, 0.1) is 6.42 Å². The van der Waals surface area contributed by atoms with Crippen LogP contribution in [0, 0.1) is 12.7 Å². The maximum atomic E-state index is 13.7. The average molecular weight is 393 g/mol. The second-order valence-corrected chi connectivity index (χ2v) is 7.23. The smallest absolute Gasteiger partial charge is 0.407 e. The summed E-state index contributed by atoms with van der Waals surface area (Å²) in [7, 11) is 0. The Bertz CT molecular complexity index is 844. The van der Waals surface area contributed by atoms with Crippen LogP contribution in [-0.2, 0) is 14.3 Å². The largest absolute Gasteiger partial charge is 0.452 e. The van der Waals surface area contributed by atoms with E-state index in [9.17, 15) is 14.0 Å². The molecule has 1 unspecified atom stereocenters. The summed E-state index contributed by atoms with van der Waals surface area (Å²) in [5, 5.41) is 6.26. The second-order valence-electron chi connectivity index (χ2n) is 7.23. The molecule has 0 aliphatic rings. The first-order valence-electron chi connectivity index (χ1n) is 8.81. The fraction of sp³-hybridized carbons (Fsp3) is 0.474. The molecule has 0 radical (unpaired) electrons. The standard InChI is InChI=1S/C19H24FN3O5/c1-11-6-7-13(10-14(11)20)16-22-17(28-23-16)12(2)26-15(24)8-9-21-18(25)27-19(3,4)5/h6-7,10,12H,8-9H2,1-5H3,(H,21,25). The third-order valence-corrected chi connectivity index (χ3v) is 3.53. The van der Waals surface area contributed by atoms with Crippen molar-refractivity contribution in [3.8, 4) is 11.4 Å². The third-order valence-electron chi connectivity index (χ3n) is 3.53. The Kier molecular flexibility index (Phi) is 6.71. The third kappa shape index (κ3) is 6.33. The summed E-state index contributed by atoms with van der Waals surface area (Å²) in [5.74, 6) is -0.640. The van der Waals surface area contributed by atoms with Crippen molar-refractivity contribution in [3.63, 3.8) is 0 Å². The summed E-state index contributed by atoms with van der Waals surface area (Å²) in [6, 6.07) is 4.59. The first-order valence-corrected chi connectivity index (χ1v) is 8.81. The first-order chi connectivity index (χ1) is 13.0. The van der Waals surface area contributed by atoms with Gasteiger partial charge in [-0.05, 0) is 46.2 Å². The number of carbonyl (C=O) groups excluding carboxylic acids is 2. The molecule has 9 heteroatoms. The van der Waals surface area contributed by atoms with Crippen LogP contribution in [0.2, 0.25) is 0 Å². The molecule has 1 amide bonds. The predicted octanol–water partition coefficient (Wildman–Crippen LogP) is 3.70. The van der Waals surface area contributed by atoms with E-state index in [-0.39, 0.29) is 30.5 Å². The molecule has 0 aliphatic heterocycles. The molecular weight excluding hydrogens is 369 g/mol. The van der Waals surface area contributed by atoms with Crippen LogP contribution in [0.4, 0.5) is 9.18 Å². The number of ether oxygens (including phenoxy) is 2. The molecule has 0 saturated heterocycles. The number of hydrogen-bond donors (Lipinski definition) is 1. The minimum Gasteiger partial charge on any atom is -0.452 e. The summed E-state index contributed by atoms with van der Waals surface area (Å²) < 4.78 is 29.1. The highest BCUT2D eigenvalue weighted by Crippen LogP contribution is 2.22. The zero-order valence-electron chi connectivity index (χ0n) is 16.5. The number of halogens is 1. The van der Waals surface area contributed by atoms with E-state index in [1.54, 1.807) is 46.8 Å². The molecule has 0 saturated carbocycles. The van der Waals surface area contributed by atoms with Crippen LogP contribution in [0.5, 0.6) is 0 Å². The van der Waals surface area contributed by atoms with Crippen molar-refractivity contribution in [1.29, 1.82) is 0 Å². The number of amides is 1. The number of nitrogens with one attached hydrogen (secondary N) is 1. The summed E-state index contributed by atoms with van der Waals surface area (Å²) in [6.07, 6.45) is -1.45. The summed E-state index contributed by atoms with van der Waals surface area (Å²) in [5.41, 5.74) is 0.350. The highest BCUT2D eigenvalue weighted by molar-refractivity contribution is 5.72. The van der Waals surface area contributed by atoms with Gasteiger partial charge in [0, 0.05) is 12.1 Å². The Hall–Kier alpha value is -2.97. The van der Waals surface area contributed by atoms with Crippen molar-refractivity contribution in [3.05, 3.63) is 35.5 Å². The lowest BCUT2D eigenvalue weighted by Gasteiger charge is -2.19. The van der Waals surface area contributed by atoms with Gasteiger partial charge in [0.15, 0.2) is 6.10 Å². The fourth-order valence-corrected chi connectivity index (χ4v) is 2.14. The minimum absolute atomic E-state index is 0.0479. The average Bonchev–Trinajstić information content (AvgIpc) is 3.05. The van der Waals surface area contributed by atoms with Gasteiger partial charge < -0.3 is 19.3 Å². The number of nitrogens with zero attached hydrogens (tertiary/aromatic N) is 2. The van der Waals surface area contributed by atoms with Gasteiger partial charge in [0.2, 0.25) is 5.82 Å². The lowest BCUT2D eigenvalue weighted by molar-refractivity contribution is -0.149. The van der Waals surface area contributed by atoms with Gasteiger partial charge in [0.25, 0.3) is 5.89 Å². The molecule has 152 valence electrons. The second kappa shape index (κ2) is 8.81. The highest BCUT2D eigenvalue weighted by atomic mass is 19.1. The minimum atomic E-state index is -0.787. The number of alkyl carbamates (subject to hydrolysis) is 1. The molecule has 0 fully saturated rings. The number of benzene rings is 1. The lowest BCUT2D eigenvalue weighted by Crippen LogP contribution is -2.33. The van der Waals surface area contributed by atoms with Crippen LogP contribution in [0.25, 0.3) is 11.4 Å². The molecule has 1 heterocycles. The van der Waals surface area contributed by atoms with E-state index in [1.807, 2.05) is 0 Å². The number of hydrogen-bond acceptors (Lipinski definition) is 7. The van der Waals surface area contributed by atoms with E-state index >= 15 is 0 Å². The number of esters is 1. The highest BCUT2D eigenvalue weighted by Gasteiger charge is 2.20. The van der Waals surface area contributed by atoms with Gasteiger partial charge in [-0.25, -0.2) is 9.18 Å². The van der Waals surface area contributed by atoms with Crippen molar-refractivity contribution >= 4 is 12.1 Å². The Morgan fingerprint density at radius 1 is 1.32 bits per heavy atom. The molecule has 1 aromatic carbocycles. The molecule has 1 N–H and O–H groups in total. The number of carbonyl (C=O) groups is 2. The van der Waals surface area contributed by atoms with Crippen LogP contribution in [-0.4, -0.2) is 34.3 Å². The SMILES string of the molecule is Cc1ccc(-c2noc(C(C)OC(=O)CCNC(=O)OC(C)(C)C)n2)cc1F. The molecule has 0 bridgehead atoms. The van der Waals surface area contributed by atoms with E-state index in [0.29, 0.717) is 11.1 Å². The van der Waals surface area contributed by atoms with Gasteiger partial charge in [-0.2, -0.15) is 4.98 Å². The Morgan fingerprint density at radius 2 is 2.04 bits per heavy atom. The van der Waals surface area contributed by atoms with Crippen LogP contribution >= 0.6 is 0 Å². The topological polar surface area (TPSA) is 104 Å². The van der Waals surface area contributed by atoms with Gasteiger partial charge in [-0.15, -0.1) is 0 Å². The Labute approximate surface area is 162 Å². The van der Waals surface area contributed by atoms with Gasteiger partial charge >= 0.3 is 12.1 Å². The van der Waals surface area contributed by atoms with E-state index in [2.05, 4.69) is 15.5 Å². The summed E-state index contributed by atoms with van der Waals surface area (Å²) in [6.45, 7) is 8.52. The Morgan fingerprint density at radius 3 is 2.68 bits per heavy atom. The summed E-state index contributed by atoms with van der Waals surface area (Å²) in [4.78, 5) is 27.6. The molecule has 2 rings (SSSR count). The molecule has 28 heavy (non-hydrogen) atoms.